The van der Waals surface area contributed by atoms with Gasteiger partial charge in [-0.15, -0.1) is 0 Å². The maximum atomic E-state index is 11.3. The molecular formula is C20H24N4O3. The highest BCUT2D eigenvalue weighted by Gasteiger charge is 2.26. The number of primary amides is 1. The molecule has 1 amide bonds. The number of anilines is 2. The quantitative estimate of drug-likeness (QED) is 0.874. The third-order valence-corrected chi connectivity index (χ3v) is 5.24. The fourth-order valence-corrected chi connectivity index (χ4v) is 3.78. The summed E-state index contributed by atoms with van der Waals surface area (Å²) in [5.74, 6) is 1.36. The smallest absolute Gasteiger partial charge is 0.220 e. The largest absolute Gasteiger partial charge is 0.451 e. The Morgan fingerprint density at radius 3 is 2.81 bits per heavy atom. The number of nitrogens with two attached hydrogens (primary N) is 1. The molecule has 0 aliphatic carbocycles. The molecule has 142 valence electrons. The van der Waals surface area contributed by atoms with Gasteiger partial charge in [-0.25, -0.2) is 0 Å². The molecule has 4 rings (SSSR count). The number of aromatic nitrogens is 1. The Balaban J connectivity index is 1.53. The van der Waals surface area contributed by atoms with Gasteiger partial charge >= 0.3 is 0 Å². The minimum absolute atomic E-state index is 0.0143. The first-order chi connectivity index (χ1) is 13.2. The molecule has 7 heteroatoms. The molecule has 0 atom stereocenters. The molecule has 0 radical (unpaired) electrons. The van der Waals surface area contributed by atoms with E-state index >= 15 is 0 Å². The standard InChI is InChI=1S/C20H24N4O3/c1-26-13-24-16-4-7-22-11-19(16)27-18-3-2-14(10-17(18)24)12-23-8-5-15(6-9-23)20(21)25/h2-4,7,10-11,15H,5-6,8-9,12-13H2,1H3,(H2,21,25). The molecule has 1 aromatic heterocycles. The van der Waals surface area contributed by atoms with Gasteiger partial charge in [0.05, 0.1) is 17.6 Å². The molecule has 2 N–H and O–H groups in total. The van der Waals surface area contributed by atoms with Crippen molar-refractivity contribution in [3.8, 4) is 11.5 Å². The van der Waals surface area contributed by atoms with E-state index in [1.807, 2.05) is 12.1 Å². The van der Waals surface area contributed by atoms with Gasteiger partial charge in [-0.1, -0.05) is 6.07 Å². The van der Waals surface area contributed by atoms with Gasteiger partial charge in [-0.05, 0) is 49.7 Å². The number of nitrogens with zero attached hydrogens (tertiary/aromatic N) is 3. The van der Waals surface area contributed by atoms with Gasteiger partial charge in [0.25, 0.3) is 0 Å². The van der Waals surface area contributed by atoms with Gasteiger partial charge in [-0.3, -0.25) is 14.7 Å². The molecule has 0 spiro atoms. The Morgan fingerprint density at radius 2 is 2.07 bits per heavy atom. The number of carbonyl (C=O) groups is 1. The molecule has 1 aromatic carbocycles. The van der Waals surface area contributed by atoms with Crippen LogP contribution in [0.4, 0.5) is 11.4 Å². The zero-order valence-corrected chi connectivity index (χ0v) is 15.4. The van der Waals surface area contributed by atoms with Crippen LogP contribution in [0.5, 0.6) is 11.5 Å². The number of likely N-dealkylation sites (tertiary alicyclic amines) is 1. The molecule has 0 bridgehead atoms. The second-order valence-electron chi connectivity index (χ2n) is 7.05. The molecule has 0 unspecified atom stereocenters. The summed E-state index contributed by atoms with van der Waals surface area (Å²) >= 11 is 0. The lowest BCUT2D eigenvalue weighted by Crippen LogP contribution is -2.38. The highest BCUT2D eigenvalue weighted by atomic mass is 16.5. The van der Waals surface area contributed by atoms with Crippen molar-refractivity contribution in [2.45, 2.75) is 19.4 Å². The van der Waals surface area contributed by atoms with Crippen LogP contribution in [0.25, 0.3) is 0 Å². The van der Waals surface area contributed by atoms with Crippen LogP contribution >= 0.6 is 0 Å². The van der Waals surface area contributed by atoms with E-state index in [1.54, 1.807) is 19.5 Å². The summed E-state index contributed by atoms with van der Waals surface area (Å²) in [6, 6.07) is 8.17. The number of carbonyl (C=O) groups excluding carboxylic acids is 1. The van der Waals surface area contributed by atoms with E-state index in [4.69, 9.17) is 15.2 Å². The number of rotatable bonds is 5. The molecule has 27 heavy (non-hydrogen) atoms. The maximum Gasteiger partial charge on any atom is 0.220 e. The van der Waals surface area contributed by atoms with Crippen molar-refractivity contribution < 1.29 is 14.3 Å². The highest BCUT2D eigenvalue weighted by molar-refractivity contribution is 5.78. The third-order valence-electron chi connectivity index (χ3n) is 5.24. The number of hydrogen-bond acceptors (Lipinski definition) is 6. The fourth-order valence-electron chi connectivity index (χ4n) is 3.78. The summed E-state index contributed by atoms with van der Waals surface area (Å²) in [5, 5.41) is 0. The molecule has 1 saturated heterocycles. The summed E-state index contributed by atoms with van der Waals surface area (Å²) in [7, 11) is 1.68. The summed E-state index contributed by atoms with van der Waals surface area (Å²) in [4.78, 5) is 20.0. The van der Waals surface area contributed by atoms with Crippen LogP contribution in [0, 0.1) is 5.92 Å². The number of fused-ring (bicyclic) bond motifs is 2. The molecule has 2 aliphatic rings. The van der Waals surface area contributed by atoms with Crippen LogP contribution in [0.3, 0.4) is 0 Å². The average Bonchev–Trinajstić information content (AvgIpc) is 2.68. The zero-order valence-electron chi connectivity index (χ0n) is 15.4. The van der Waals surface area contributed by atoms with E-state index in [9.17, 15) is 4.79 Å². The SMILES string of the molecule is COCN1c2ccncc2Oc2ccc(CN3CCC(C(N)=O)CC3)cc21. The van der Waals surface area contributed by atoms with E-state index < -0.39 is 0 Å². The number of pyridine rings is 1. The third kappa shape index (κ3) is 3.61. The molecule has 7 nitrogen and oxygen atoms in total. The van der Waals surface area contributed by atoms with Crippen molar-refractivity contribution in [1.82, 2.24) is 9.88 Å². The van der Waals surface area contributed by atoms with E-state index in [0.29, 0.717) is 6.73 Å². The van der Waals surface area contributed by atoms with Crippen LogP contribution in [0.1, 0.15) is 18.4 Å². The van der Waals surface area contributed by atoms with Crippen molar-refractivity contribution in [2.24, 2.45) is 11.7 Å². The fraction of sp³-hybridized carbons (Fsp3) is 0.400. The van der Waals surface area contributed by atoms with Crippen LogP contribution in [0.15, 0.2) is 36.7 Å². The number of amides is 1. The first kappa shape index (κ1) is 17.8. The number of methoxy groups -OCH3 is 1. The van der Waals surface area contributed by atoms with E-state index in [1.165, 1.54) is 5.56 Å². The molecule has 0 saturated carbocycles. The molecule has 3 heterocycles. The minimum atomic E-state index is -0.177. The topological polar surface area (TPSA) is 80.9 Å². The van der Waals surface area contributed by atoms with Crippen molar-refractivity contribution in [3.63, 3.8) is 0 Å². The summed E-state index contributed by atoms with van der Waals surface area (Å²) in [5.41, 5.74) is 8.56. The predicted octanol–water partition coefficient (Wildman–Crippen LogP) is 2.63. The molecular weight excluding hydrogens is 344 g/mol. The maximum absolute atomic E-state index is 11.3. The Bertz CT molecular complexity index is 834. The van der Waals surface area contributed by atoms with Crippen molar-refractivity contribution in [1.29, 1.82) is 0 Å². The lowest BCUT2D eigenvalue weighted by molar-refractivity contribution is -0.123. The first-order valence-electron chi connectivity index (χ1n) is 9.18. The van der Waals surface area contributed by atoms with Gasteiger partial charge in [0.1, 0.15) is 6.73 Å². The molecule has 2 aliphatic heterocycles. The Hall–Kier alpha value is -2.64. The van der Waals surface area contributed by atoms with Crippen molar-refractivity contribution in [2.75, 3.05) is 31.8 Å². The summed E-state index contributed by atoms with van der Waals surface area (Å²) < 4.78 is 11.4. The van der Waals surface area contributed by atoms with Gasteiger partial charge in [0.15, 0.2) is 11.5 Å². The Kier molecular flexibility index (Phi) is 4.96. The zero-order chi connectivity index (χ0) is 18.8. The second-order valence-corrected chi connectivity index (χ2v) is 7.05. The van der Waals surface area contributed by atoms with Crippen LogP contribution < -0.4 is 15.4 Å². The normalized spacial score (nSPS) is 17.1. The summed E-state index contributed by atoms with van der Waals surface area (Å²) in [6.45, 7) is 3.04. The number of hydrogen-bond donors (Lipinski definition) is 1. The van der Waals surface area contributed by atoms with E-state index in [0.717, 1.165) is 55.3 Å². The van der Waals surface area contributed by atoms with Crippen LogP contribution in [-0.2, 0) is 16.1 Å². The number of ether oxygens (including phenoxy) is 2. The van der Waals surface area contributed by atoms with Crippen molar-refractivity contribution in [3.05, 3.63) is 42.2 Å². The Morgan fingerprint density at radius 1 is 1.26 bits per heavy atom. The van der Waals surface area contributed by atoms with E-state index in [-0.39, 0.29) is 11.8 Å². The lowest BCUT2D eigenvalue weighted by atomic mass is 9.96. The average molecular weight is 368 g/mol. The minimum Gasteiger partial charge on any atom is -0.451 e. The van der Waals surface area contributed by atoms with Gasteiger partial charge in [0, 0.05) is 25.8 Å². The van der Waals surface area contributed by atoms with Crippen molar-refractivity contribution >= 4 is 17.3 Å². The predicted molar refractivity (Wildman–Crippen MR) is 102 cm³/mol. The Labute approximate surface area is 158 Å². The van der Waals surface area contributed by atoms with Crippen LogP contribution in [0.2, 0.25) is 0 Å². The number of benzene rings is 1. The number of piperidine rings is 1. The lowest BCUT2D eigenvalue weighted by Gasteiger charge is -2.33. The van der Waals surface area contributed by atoms with Crippen LogP contribution in [-0.4, -0.2) is 42.7 Å². The van der Waals surface area contributed by atoms with Gasteiger partial charge < -0.3 is 20.1 Å². The van der Waals surface area contributed by atoms with E-state index in [2.05, 4.69) is 26.9 Å². The highest BCUT2D eigenvalue weighted by Crippen LogP contribution is 2.46. The first-order valence-corrected chi connectivity index (χ1v) is 9.18. The van der Waals surface area contributed by atoms with Gasteiger partial charge in [-0.2, -0.15) is 0 Å². The molecule has 1 fully saturated rings. The summed E-state index contributed by atoms with van der Waals surface area (Å²) in [6.07, 6.45) is 5.14. The second kappa shape index (κ2) is 7.54. The monoisotopic (exact) mass is 368 g/mol. The van der Waals surface area contributed by atoms with Gasteiger partial charge in [0.2, 0.25) is 5.91 Å². The molecule has 2 aromatic rings.